The van der Waals surface area contributed by atoms with Crippen molar-refractivity contribution in [2.75, 3.05) is 12.4 Å². The fourth-order valence-corrected chi connectivity index (χ4v) is 5.74. The van der Waals surface area contributed by atoms with Crippen LogP contribution in [0.15, 0.2) is 59.5 Å². The van der Waals surface area contributed by atoms with Crippen LogP contribution >= 0.6 is 23.4 Å². The molecule has 1 aliphatic heterocycles. The van der Waals surface area contributed by atoms with E-state index in [0.29, 0.717) is 12.4 Å². The minimum Gasteiger partial charge on any atom is -0.344 e. The molecule has 1 spiro atoms. The molecule has 1 saturated heterocycles. The van der Waals surface area contributed by atoms with Gasteiger partial charge in [-0.2, -0.15) is 0 Å². The van der Waals surface area contributed by atoms with Gasteiger partial charge in [-0.25, -0.2) is 9.78 Å². The Bertz CT molecular complexity index is 789. The molecule has 32 heavy (non-hydrogen) atoms. The molecule has 0 aromatic heterocycles. The standard InChI is InChI=1S/C27H35ClO3S/c28-24-15-17-25(18-16-24)32-22-26(23-13-9-8-10-14-23)21-29-27(31-30-26)19-11-6-4-2-1-3-5-7-12-20-27/h8-10,13-18H,1-7,11-12,19-22H2. The van der Waals surface area contributed by atoms with Gasteiger partial charge in [0.25, 0.3) is 0 Å². The summed E-state index contributed by atoms with van der Waals surface area (Å²) in [4.78, 5) is 13.7. The number of rotatable bonds is 4. The molecule has 174 valence electrons. The molecular formula is C27H35ClO3S. The number of ether oxygens (including phenoxy) is 1. The second-order valence-electron chi connectivity index (χ2n) is 9.15. The first kappa shape index (κ1) is 24.1. The molecule has 2 aliphatic rings. The maximum atomic E-state index is 6.61. The van der Waals surface area contributed by atoms with Gasteiger partial charge in [0.1, 0.15) is 0 Å². The van der Waals surface area contributed by atoms with Gasteiger partial charge in [-0.15, -0.1) is 11.8 Å². The highest BCUT2D eigenvalue weighted by Crippen LogP contribution is 2.42. The van der Waals surface area contributed by atoms with Crippen LogP contribution in [0.3, 0.4) is 0 Å². The second kappa shape index (κ2) is 11.9. The zero-order valence-corrected chi connectivity index (χ0v) is 20.5. The van der Waals surface area contributed by atoms with Gasteiger partial charge < -0.3 is 4.74 Å². The molecule has 0 radical (unpaired) electrons. The number of thioether (sulfide) groups is 1. The van der Waals surface area contributed by atoms with E-state index in [1.807, 2.05) is 42.5 Å². The largest absolute Gasteiger partial charge is 0.344 e. The van der Waals surface area contributed by atoms with Gasteiger partial charge in [0.15, 0.2) is 5.60 Å². The van der Waals surface area contributed by atoms with Gasteiger partial charge in [-0.1, -0.05) is 86.9 Å². The number of hydrogen-bond donors (Lipinski definition) is 0. The zero-order valence-electron chi connectivity index (χ0n) is 18.9. The van der Waals surface area contributed by atoms with Crippen molar-refractivity contribution in [3.05, 3.63) is 65.2 Å². The van der Waals surface area contributed by atoms with Crippen molar-refractivity contribution < 1.29 is 14.5 Å². The van der Waals surface area contributed by atoms with Crippen LogP contribution < -0.4 is 0 Å². The average molecular weight is 475 g/mol. The van der Waals surface area contributed by atoms with E-state index >= 15 is 0 Å². The Morgan fingerprint density at radius 1 is 0.719 bits per heavy atom. The minimum atomic E-state index is -0.638. The topological polar surface area (TPSA) is 27.7 Å². The van der Waals surface area contributed by atoms with E-state index in [-0.39, 0.29) is 0 Å². The van der Waals surface area contributed by atoms with Crippen molar-refractivity contribution in [1.82, 2.24) is 0 Å². The molecule has 2 aromatic carbocycles. The van der Waals surface area contributed by atoms with E-state index in [1.165, 1.54) is 44.9 Å². The quantitative estimate of drug-likeness (QED) is 0.329. The molecule has 4 rings (SSSR count). The molecule has 0 N–H and O–H groups in total. The Morgan fingerprint density at radius 2 is 1.31 bits per heavy atom. The van der Waals surface area contributed by atoms with Crippen LogP contribution in [0.5, 0.6) is 0 Å². The molecule has 0 bridgehead atoms. The van der Waals surface area contributed by atoms with E-state index in [4.69, 9.17) is 26.1 Å². The Balaban J connectivity index is 1.47. The van der Waals surface area contributed by atoms with Crippen molar-refractivity contribution in [1.29, 1.82) is 0 Å². The molecule has 2 fully saturated rings. The summed E-state index contributed by atoms with van der Waals surface area (Å²) in [5, 5.41) is 0.747. The summed E-state index contributed by atoms with van der Waals surface area (Å²) in [5.74, 6) is 0.0944. The molecule has 1 aliphatic carbocycles. The van der Waals surface area contributed by atoms with Crippen LogP contribution in [-0.2, 0) is 20.1 Å². The van der Waals surface area contributed by atoms with E-state index in [0.717, 1.165) is 41.2 Å². The Kier molecular flexibility index (Phi) is 8.96. The van der Waals surface area contributed by atoms with Gasteiger partial charge >= 0.3 is 0 Å². The molecule has 1 saturated carbocycles. The highest BCUT2D eigenvalue weighted by atomic mass is 35.5. The van der Waals surface area contributed by atoms with Gasteiger partial charge in [0.2, 0.25) is 5.79 Å². The van der Waals surface area contributed by atoms with Crippen molar-refractivity contribution in [3.8, 4) is 0 Å². The molecule has 3 nitrogen and oxygen atoms in total. The zero-order chi connectivity index (χ0) is 22.1. The van der Waals surface area contributed by atoms with Gasteiger partial charge in [0, 0.05) is 28.5 Å². The fourth-order valence-electron chi connectivity index (χ4n) is 4.58. The smallest absolute Gasteiger partial charge is 0.201 e. The van der Waals surface area contributed by atoms with Crippen LogP contribution in [0.2, 0.25) is 5.02 Å². The fraction of sp³-hybridized carbons (Fsp3) is 0.556. The molecule has 5 heteroatoms. The molecule has 1 atom stereocenters. The lowest BCUT2D eigenvalue weighted by molar-refractivity contribution is -0.516. The molecular weight excluding hydrogens is 440 g/mol. The van der Waals surface area contributed by atoms with Crippen LogP contribution in [-0.4, -0.2) is 18.1 Å². The lowest BCUT2D eigenvalue weighted by Crippen LogP contribution is -2.51. The summed E-state index contributed by atoms with van der Waals surface area (Å²) in [5.41, 5.74) is 0.449. The minimum absolute atomic E-state index is 0.498. The summed E-state index contributed by atoms with van der Waals surface area (Å²) in [6, 6.07) is 18.3. The lowest BCUT2D eigenvalue weighted by atomic mass is 9.94. The summed E-state index contributed by atoms with van der Waals surface area (Å²) in [7, 11) is 0. The Morgan fingerprint density at radius 3 is 1.88 bits per heavy atom. The highest BCUT2D eigenvalue weighted by molar-refractivity contribution is 7.99. The number of halogens is 1. The van der Waals surface area contributed by atoms with Crippen LogP contribution in [0.1, 0.15) is 76.2 Å². The Hall–Kier alpha value is -1.04. The first-order valence-electron chi connectivity index (χ1n) is 12.1. The van der Waals surface area contributed by atoms with E-state index in [1.54, 1.807) is 11.8 Å². The third kappa shape index (κ3) is 6.51. The number of hydrogen-bond acceptors (Lipinski definition) is 4. The van der Waals surface area contributed by atoms with E-state index in [9.17, 15) is 0 Å². The van der Waals surface area contributed by atoms with Crippen molar-refractivity contribution in [3.63, 3.8) is 0 Å². The van der Waals surface area contributed by atoms with Crippen molar-refractivity contribution in [2.24, 2.45) is 0 Å². The third-order valence-corrected chi connectivity index (χ3v) is 8.09. The first-order chi connectivity index (χ1) is 15.7. The SMILES string of the molecule is Clc1ccc(SCC2(c3ccccc3)COC3(CCCCCCCCCCC3)OO2)cc1. The van der Waals surface area contributed by atoms with Gasteiger partial charge in [0.05, 0.1) is 6.61 Å². The predicted octanol–water partition coefficient (Wildman–Crippen LogP) is 8.31. The van der Waals surface area contributed by atoms with Crippen molar-refractivity contribution >= 4 is 23.4 Å². The maximum Gasteiger partial charge on any atom is 0.201 e. The summed E-state index contributed by atoms with van der Waals surface area (Å²) in [6.45, 7) is 0.498. The summed E-state index contributed by atoms with van der Waals surface area (Å²) >= 11 is 7.80. The molecule has 1 heterocycles. The summed E-state index contributed by atoms with van der Waals surface area (Å²) < 4.78 is 6.61. The number of benzene rings is 2. The predicted molar refractivity (Wildman–Crippen MR) is 132 cm³/mol. The van der Waals surface area contributed by atoms with Crippen LogP contribution in [0, 0.1) is 0 Å². The van der Waals surface area contributed by atoms with Crippen LogP contribution in [0.4, 0.5) is 0 Å². The van der Waals surface area contributed by atoms with Gasteiger partial charge in [-0.05, 0) is 42.7 Å². The normalized spacial score (nSPS) is 25.0. The lowest BCUT2D eigenvalue weighted by Gasteiger charge is -2.45. The highest BCUT2D eigenvalue weighted by Gasteiger charge is 2.47. The van der Waals surface area contributed by atoms with Gasteiger partial charge in [-0.3, -0.25) is 0 Å². The molecule has 2 aromatic rings. The first-order valence-corrected chi connectivity index (χ1v) is 13.5. The van der Waals surface area contributed by atoms with E-state index < -0.39 is 11.4 Å². The monoisotopic (exact) mass is 474 g/mol. The van der Waals surface area contributed by atoms with Crippen molar-refractivity contribution in [2.45, 2.75) is 86.9 Å². The third-order valence-electron chi connectivity index (χ3n) is 6.62. The summed E-state index contributed by atoms with van der Waals surface area (Å²) in [6.07, 6.45) is 13.2. The molecule has 1 unspecified atom stereocenters. The maximum absolute atomic E-state index is 6.61. The Labute approximate surface area is 202 Å². The average Bonchev–Trinajstić information content (AvgIpc) is 2.83. The second-order valence-corrected chi connectivity index (χ2v) is 10.6. The van der Waals surface area contributed by atoms with Crippen LogP contribution in [0.25, 0.3) is 0 Å². The molecule has 0 amide bonds. The van der Waals surface area contributed by atoms with E-state index in [2.05, 4.69) is 12.1 Å².